The Kier molecular flexibility index (Phi) is 5.30. The lowest BCUT2D eigenvalue weighted by atomic mass is 10.0. The Bertz CT molecular complexity index is 221. The Morgan fingerprint density at radius 3 is 2.56 bits per heavy atom. The van der Waals surface area contributed by atoms with E-state index < -0.39 is 30.7 Å². The minimum atomic E-state index is -1.28. The highest BCUT2D eigenvalue weighted by molar-refractivity contribution is 5.48. The van der Waals surface area contributed by atoms with Gasteiger partial charge in [0.2, 0.25) is 0 Å². The maximum Gasteiger partial charge on any atom is 0.186 e. The molecule has 6 nitrogen and oxygen atoms in total. The van der Waals surface area contributed by atoms with Crippen molar-refractivity contribution in [2.24, 2.45) is 0 Å². The average molecular weight is 234 g/mol. The number of rotatable bonds is 5. The largest absolute Gasteiger partial charge is 0.388 e. The molecule has 0 aliphatic carbocycles. The van der Waals surface area contributed by atoms with Gasteiger partial charge in [0.1, 0.15) is 24.6 Å². The van der Waals surface area contributed by atoms with Gasteiger partial charge in [-0.15, -0.1) is 0 Å². The van der Waals surface area contributed by atoms with Crippen molar-refractivity contribution in [2.45, 2.75) is 50.5 Å². The molecule has 0 radical (unpaired) electrons. The van der Waals surface area contributed by atoms with E-state index in [0.29, 0.717) is 12.8 Å². The molecule has 1 fully saturated rings. The third-order valence-electron chi connectivity index (χ3n) is 2.56. The number of hydrogen-bond acceptors (Lipinski definition) is 6. The zero-order chi connectivity index (χ0) is 12.1. The number of hydrogen-bond donors (Lipinski definition) is 3. The van der Waals surface area contributed by atoms with Crippen LogP contribution >= 0.6 is 0 Å². The molecule has 6 heteroatoms. The molecule has 1 heterocycles. The number of unbranched alkanes of at least 4 members (excludes halogenated alkanes) is 1. The lowest BCUT2D eigenvalue weighted by Crippen LogP contribution is -2.57. The first-order chi connectivity index (χ1) is 7.57. The summed E-state index contributed by atoms with van der Waals surface area (Å²) in [4.78, 5) is 10.1. The molecular formula is C10H18O6. The fourth-order valence-corrected chi connectivity index (χ4v) is 1.52. The summed E-state index contributed by atoms with van der Waals surface area (Å²) in [6.07, 6.45) is -3.54. The quantitative estimate of drug-likeness (QED) is 0.409. The van der Waals surface area contributed by atoms with Crippen molar-refractivity contribution in [3.05, 3.63) is 0 Å². The van der Waals surface area contributed by atoms with Crippen LogP contribution in [0.4, 0.5) is 0 Å². The number of aliphatic hydroxyl groups is 3. The van der Waals surface area contributed by atoms with Crippen molar-refractivity contribution in [3.63, 3.8) is 0 Å². The van der Waals surface area contributed by atoms with Crippen molar-refractivity contribution >= 4 is 6.29 Å². The first-order valence-electron chi connectivity index (χ1n) is 5.33. The van der Waals surface area contributed by atoms with E-state index >= 15 is 0 Å². The molecule has 1 rings (SSSR count). The van der Waals surface area contributed by atoms with Crippen LogP contribution in [0.5, 0.6) is 0 Å². The molecule has 5 unspecified atom stereocenters. The number of aliphatic hydroxyl groups excluding tert-OH is 3. The zero-order valence-corrected chi connectivity index (χ0v) is 9.15. The van der Waals surface area contributed by atoms with Crippen LogP contribution in [-0.2, 0) is 14.3 Å². The fourth-order valence-electron chi connectivity index (χ4n) is 1.52. The van der Waals surface area contributed by atoms with Gasteiger partial charge in [-0.3, -0.25) is 0 Å². The van der Waals surface area contributed by atoms with Gasteiger partial charge in [0.25, 0.3) is 0 Å². The molecule has 0 aromatic rings. The molecule has 1 aliphatic heterocycles. The summed E-state index contributed by atoms with van der Waals surface area (Å²) in [5.74, 6) is 0. The Balaban J connectivity index is 2.38. The van der Waals surface area contributed by atoms with E-state index in [4.69, 9.17) is 9.47 Å². The molecule has 0 bridgehead atoms. The molecule has 5 atom stereocenters. The minimum Gasteiger partial charge on any atom is -0.388 e. The third-order valence-corrected chi connectivity index (χ3v) is 2.56. The van der Waals surface area contributed by atoms with Crippen LogP contribution in [0.2, 0.25) is 0 Å². The molecule has 0 saturated carbocycles. The molecule has 94 valence electrons. The first kappa shape index (κ1) is 13.5. The van der Waals surface area contributed by atoms with E-state index in [1.165, 1.54) is 0 Å². The Morgan fingerprint density at radius 2 is 1.94 bits per heavy atom. The Hall–Kier alpha value is -0.530. The van der Waals surface area contributed by atoms with Gasteiger partial charge >= 0.3 is 0 Å². The standard InChI is InChI=1S/C10H18O6/c1-6-7(12)8(13)9(14)10(16-6)15-5-3-2-4-11/h4,6-10,12-14H,2-3,5H2,1H3. The highest BCUT2D eigenvalue weighted by Crippen LogP contribution is 2.21. The normalized spacial score (nSPS) is 39.6. The van der Waals surface area contributed by atoms with Gasteiger partial charge in [0.15, 0.2) is 6.29 Å². The number of carbonyl (C=O) groups is 1. The summed E-state index contributed by atoms with van der Waals surface area (Å²) in [5.41, 5.74) is 0. The van der Waals surface area contributed by atoms with Crippen molar-refractivity contribution < 1.29 is 29.6 Å². The molecule has 0 amide bonds. The molecule has 0 aromatic heterocycles. The zero-order valence-electron chi connectivity index (χ0n) is 9.15. The Labute approximate surface area is 93.8 Å². The van der Waals surface area contributed by atoms with E-state index in [-0.39, 0.29) is 6.61 Å². The lowest BCUT2D eigenvalue weighted by Gasteiger charge is -2.38. The maximum absolute atomic E-state index is 10.1. The van der Waals surface area contributed by atoms with E-state index in [9.17, 15) is 20.1 Å². The number of aldehydes is 1. The van der Waals surface area contributed by atoms with Gasteiger partial charge in [0, 0.05) is 6.42 Å². The third kappa shape index (κ3) is 3.23. The molecule has 0 aromatic carbocycles. The SMILES string of the molecule is CC1OC(OCCCC=O)C(O)C(O)C1O. The van der Waals surface area contributed by atoms with Crippen LogP contribution < -0.4 is 0 Å². The summed E-state index contributed by atoms with van der Waals surface area (Å²) in [7, 11) is 0. The van der Waals surface area contributed by atoms with Gasteiger partial charge in [-0.1, -0.05) is 0 Å². The van der Waals surface area contributed by atoms with Crippen LogP contribution in [0, 0.1) is 0 Å². The molecule has 1 aliphatic rings. The van der Waals surface area contributed by atoms with Crippen molar-refractivity contribution in [1.29, 1.82) is 0 Å². The van der Waals surface area contributed by atoms with Gasteiger partial charge in [-0.2, -0.15) is 0 Å². The molecule has 3 N–H and O–H groups in total. The van der Waals surface area contributed by atoms with Crippen LogP contribution in [-0.4, -0.2) is 58.9 Å². The average Bonchev–Trinajstić information content (AvgIpc) is 2.28. The summed E-state index contributed by atoms with van der Waals surface area (Å²) >= 11 is 0. The maximum atomic E-state index is 10.1. The smallest absolute Gasteiger partial charge is 0.186 e. The number of ether oxygens (including phenoxy) is 2. The Morgan fingerprint density at radius 1 is 1.25 bits per heavy atom. The first-order valence-corrected chi connectivity index (χ1v) is 5.33. The highest BCUT2D eigenvalue weighted by Gasteiger charge is 2.42. The molecule has 1 saturated heterocycles. The highest BCUT2D eigenvalue weighted by atomic mass is 16.7. The minimum absolute atomic E-state index is 0.260. The molecule has 0 spiro atoms. The van der Waals surface area contributed by atoms with Crippen LogP contribution in [0.15, 0.2) is 0 Å². The van der Waals surface area contributed by atoms with Gasteiger partial charge in [0.05, 0.1) is 12.7 Å². The second kappa shape index (κ2) is 6.27. The predicted molar refractivity (Wildman–Crippen MR) is 53.6 cm³/mol. The number of carbonyl (C=O) groups excluding carboxylic acids is 1. The second-order valence-electron chi connectivity index (χ2n) is 3.86. The summed E-state index contributed by atoms with van der Waals surface area (Å²) in [6, 6.07) is 0. The summed E-state index contributed by atoms with van der Waals surface area (Å²) in [5, 5.41) is 28.4. The van der Waals surface area contributed by atoms with E-state index in [0.717, 1.165) is 6.29 Å². The van der Waals surface area contributed by atoms with Gasteiger partial charge in [-0.05, 0) is 13.3 Å². The van der Waals surface area contributed by atoms with E-state index in [1.807, 2.05) is 0 Å². The van der Waals surface area contributed by atoms with Gasteiger partial charge < -0.3 is 29.6 Å². The van der Waals surface area contributed by atoms with Crippen LogP contribution in [0.3, 0.4) is 0 Å². The fraction of sp³-hybridized carbons (Fsp3) is 0.900. The van der Waals surface area contributed by atoms with Gasteiger partial charge in [-0.25, -0.2) is 0 Å². The molecular weight excluding hydrogens is 216 g/mol. The van der Waals surface area contributed by atoms with Crippen molar-refractivity contribution in [3.8, 4) is 0 Å². The molecule has 16 heavy (non-hydrogen) atoms. The summed E-state index contributed by atoms with van der Waals surface area (Å²) < 4.78 is 10.4. The lowest BCUT2D eigenvalue weighted by molar-refractivity contribution is -0.293. The van der Waals surface area contributed by atoms with E-state index in [1.54, 1.807) is 6.92 Å². The topological polar surface area (TPSA) is 96.2 Å². The predicted octanol–water partition coefficient (Wildman–Crippen LogP) is -1.19. The van der Waals surface area contributed by atoms with Crippen molar-refractivity contribution in [1.82, 2.24) is 0 Å². The van der Waals surface area contributed by atoms with E-state index in [2.05, 4.69) is 0 Å². The van der Waals surface area contributed by atoms with Crippen LogP contribution in [0.25, 0.3) is 0 Å². The van der Waals surface area contributed by atoms with Crippen molar-refractivity contribution in [2.75, 3.05) is 6.61 Å². The monoisotopic (exact) mass is 234 g/mol. The second-order valence-corrected chi connectivity index (χ2v) is 3.86. The van der Waals surface area contributed by atoms with Crippen LogP contribution in [0.1, 0.15) is 19.8 Å². The summed E-state index contributed by atoms with van der Waals surface area (Å²) in [6.45, 7) is 1.84.